The fourth-order valence-corrected chi connectivity index (χ4v) is 1.06. The number of aliphatic hydroxyl groups is 1. The van der Waals surface area contributed by atoms with E-state index in [2.05, 4.69) is 0 Å². The standard InChI is InChI=1S/C6H10O5/c7-3-1-4(6(9)10)11-5(8)2-3/h3-5,7-8H,1-2H2,(H,9,10)/p+1. The van der Waals surface area contributed by atoms with Crippen LogP contribution < -0.4 is 0 Å². The van der Waals surface area contributed by atoms with Gasteiger partial charge in [0.05, 0.1) is 12.5 Å². The summed E-state index contributed by atoms with van der Waals surface area (Å²) < 4.78 is 4.73. The van der Waals surface area contributed by atoms with E-state index in [0.29, 0.717) is 0 Å². The molecule has 0 saturated carbocycles. The molecule has 0 aromatic rings. The number of aliphatic hydroxyl groups excluding tert-OH is 1. The average Bonchev–Trinajstić information content (AvgIpc) is 1.85. The highest BCUT2D eigenvalue weighted by Gasteiger charge is 2.33. The van der Waals surface area contributed by atoms with Crippen LogP contribution in [0.4, 0.5) is 0 Å². The minimum atomic E-state index is -1.11. The van der Waals surface area contributed by atoms with Crippen LogP contribution in [0.25, 0.3) is 0 Å². The minimum absolute atomic E-state index is 0.0880. The summed E-state index contributed by atoms with van der Waals surface area (Å²) in [6.45, 7) is 0. The maximum absolute atomic E-state index is 10.3. The molecular formula is C6H11O5+. The number of carboxylic acid groups (broad SMARTS) is 1. The first-order valence-corrected chi connectivity index (χ1v) is 3.37. The van der Waals surface area contributed by atoms with Gasteiger partial charge in [-0.1, -0.05) is 0 Å². The lowest BCUT2D eigenvalue weighted by molar-refractivity contribution is -0.203. The van der Waals surface area contributed by atoms with Gasteiger partial charge in [-0.2, -0.15) is 0 Å². The van der Waals surface area contributed by atoms with Crippen molar-refractivity contribution in [1.82, 2.24) is 0 Å². The summed E-state index contributed by atoms with van der Waals surface area (Å²) in [7, 11) is 0. The molecule has 1 saturated heterocycles. The highest BCUT2D eigenvalue weighted by Crippen LogP contribution is 2.17. The molecule has 0 bridgehead atoms. The van der Waals surface area contributed by atoms with E-state index in [1.54, 1.807) is 0 Å². The third-order valence-electron chi connectivity index (χ3n) is 1.58. The Kier molecular flexibility index (Phi) is 2.43. The van der Waals surface area contributed by atoms with Gasteiger partial charge < -0.3 is 15.3 Å². The van der Waals surface area contributed by atoms with Gasteiger partial charge in [0.2, 0.25) is 0 Å². The molecule has 1 aliphatic heterocycles. The van der Waals surface area contributed by atoms with Crippen LogP contribution in [0, 0.1) is 0 Å². The lowest BCUT2D eigenvalue weighted by Crippen LogP contribution is -2.39. The third kappa shape index (κ3) is 2.14. The molecule has 4 N–H and O–H groups in total. The number of rotatable bonds is 1. The summed E-state index contributed by atoms with van der Waals surface area (Å²) in [4.78, 5) is 10.3. The van der Waals surface area contributed by atoms with Crippen molar-refractivity contribution in [3.63, 3.8) is 0 Å². The van der Waals surface area contributed by atoms with E-state index in [1.807, 2.05) is 0 Å². The molecule has 5 heteroatoms. The molecule has 0 aliphatic carbocycles. The van der Waals surface area contributed by atoms with E-state index in [0.717, 1.165) is 0 Å². The van der Waals surface area contributed by atoms with E-state index in [1.165, 1.54) is 0 Å². The van der Waals surface area contributed by atoms with E-state index in [9.17, 15) is 4.79 Å². The molecule has 1 aliphatic rings. The molecule has 5 nitrogen and oxygen atoms in total. The van der Waals surface area contributed by atoms with Crippen LogP contribution in [0.3, 0.4) is 0 Å². The fourth-order valence-electron chi connectivity index (χ4n) is 1.06. The van der Waals surface area contributed by atoms with Crippen LogP contribution in [0.15, 0.2) is 0 Å². The quantitative estimate of drug-likeness (QED) is 0.468. The van der Waals surface area contributed by atoms with E-state index in [4.69, 9.17) is 20.1 Å². The molecule has 1 fully saturated rings. The Hall–Kier alpha value is -0.650. The van der Waals surface area contributed by atoms with Crippen LogP contribution in [-0.4, -0.2) is 39.8 Å². The first-order chi connectivity index (χ1) is 5.09. The van der Waals surface area contributed by atoms with Crippen molar-refractivity contribution in [3.05, 3.63) is 0 Å². The van der Waals surface area contributed by atoms with Crippen molar-refractivity contribution in [3.8, 4) is 0 Å². The van der Waals surface area contributed by atoms with Gasteiger partial charge in [0.25, 0.3) is 6.29 Å². The molecule has 0 amide bonds. The Morgan fingerprint density at radius 3 is 2.64 bits per heavy atom. The highest BCUT2D eigenvalue weighted by molar-refractivity contribution is 5.72. The van der Waals surface area contributed by atoms with Crippen molar-refractivity contribution >= 4 is 5.97 Å². The lowest BCUT2D eigenvalue weighted by atomic mass is 10.1. The predicted molar refractivity (Wildman–Crippen MR) is 35.2 cm³/mol. The summed E-state index contributed by atoms with van der Waals surface area (Å²) >= 11 is 0. The summed E-state index contributed by atoms with van der Waals surface area (Å²) in [5.74, 6) is -1.11. The zero-order chi connectivity index (χ0) is 8.43. The first-order valence-electron chi connectivity index (χ1n) is 3.37. The molecule has 11 heavy (non-hydrogen) atoms. The topological polar surface area (TPSA) is 89.7 Å². The van der Waals surface area contributed by atoms with Crippen molar-refractivity contribution in [2.24, 2.45) is 0 Å². The second-order valence-corrected chi connectivity index (χ2v) is 2.58. The highest BCUT2D eigenvalue weighted by atomic mass is 16.6. The number of hydrogen-bond acceptors (Lipinski definition) is 3. The Morgan fingerprint density at radius 2 is 2.18 bits per heavy atom. The van der Waals surface area contributed by atoms with Crippen molar-refractivity contribution in [1.29, 1.82) is 0 Å². The molecule has 64 valence electrons. The maximum atomic E-state index is 10.3. The molecular weight excluding hydrogens is 152 g/mol. The summed E-state index contributed by atoms with van der Waals surface area (Å²) in [6, 6.07) is 0. The Morgan fingerprint density at radius 1 is 1.55 bits per heavy atom. The van der Waals surface area contributed by atoms with Crippen LogP contribution in [-0.2, 0) is 9.53 Å². The zero-order valence-corrected chi connectivity index (χ0v) is 5.86. The lowest BCUT2D eigenvalue weighted by Gasteiger charge is -2.24. The third-order valence-corrected chi connectivity index (χ3v) is 1.58. The van der Waals surface area contributed by atoms with Gasteiger partial charge in [-0.25, -0.2) is 4.79 Å². The van der Waals surface area contributed by atoms with Gasteiger partial charge in [-0.3, -0.25) is 4.74 Å². The van der Waals surface area contributed by atoms with Crippen LogP contribution in [0.2, 0.25) is 0 Å². The van der Waals surface area contributed by atoms with Gasteiger partial charge in [0.1, 0.15) is 0 Å². The van der Waals surface area contributed by atoms with Crippen molar-refractivity contribution < 1.29 is 24.9 Å². The minimum Gasteiger partial charge on any atom is -0.479 e. The fraction of sp³-hybridized carbons (Fsp3) is 0.833. The second-order valence-electron chi connectivity index (χ2n) is 2.58. The van der Waals surface area contributed by atoms with Gasteiger partial charge in [-0.15, -0.1) is 0 Å². The van der Waals surface area contributed by atoms with Crippen LogP contribution in [0.1, 0.15) is 12.8 Å². The van der Waals surface area contributed by atoms with Crippen LogP contribution in [0.5, 0.6) is 0 Å². The normalized spacial score (nSPS) is 38.5. The molecule has 0 aromatic carbocycles. The largest absolute Gasteiger partial charge is 0.479 e. The van der Waals surface area contributed by atoms with Crippen molar-refractivity contribution in [2.45, 2.75) is 31.3 Å². The number of aliphatic carboxylic acids is 1. The van der Waals surface area contributed by atoms with E-state index < -0.39 is 24.5 Å². The summed E-state index contributed by atoms with van der Waals surface area (Å²) in [5.41, 5.74) is 0. The molecule has 1 rings (SSSR count). The van der Waals surface area contributed by atoms with Gasteiger partial charge in [-0.05, 0) is 0 Å². The van der Waals surface area contributed by atoms with E-state index >= 15 is 0 Å². The molecule has 3 atom stereocenters. The zero-order valence-electron chi connectivity index (χ0n) is 5.86. The number of ether oxygens (including phenoxy) is 1. The Balaban J connectivity index is 2.49. The molecule has 0 spiro atoms. The molecule has 3 unspecified atom stereocenters. The Bertz CT molecular complexity index is 147. The van der Waals surface area contributed by atoms with Gasteiger partial charge >= 0.3 is 5.97 Å². The molecule has 0 radical (unpaired) electrons. The van der Waals surface area contributed by atoms with Gasteiger partial charge in [0, 0.05) is 6.42 Å². The molecule has 0 aromatic heterocycles. The van der Waals surface area contributed by atoms with Crippen molar-refractivity contribution in [2.75, 3.05) is 0 Å². The maximum Gasteiger partial charge on any atom is 0.333 e. The SMILES string of the molecule is O=C(O)C1CC(O)CC([OH2+])O1. The number of carbonyl (C=O) groups is 1. The smallest absolute Gasteiger partial charge is 0.333 e. The summed E-state index contributed by atoms with van der Waals surface area (Å²) in [6.07, 6.45) is -2.34. The first kappa shape index (κ1) is 8.45. The molecule has 1 heterocycles. The predicted octanol–water partition coefficient (Wildman–Crippen LogP) is -1.34. The number of hydrogen-bond donors (Lipinski definition) is 2. The number of carboxylic acids is 1. The van der Waals surface area contributed by atoms with E-state index in [-0.39, 0.29) is 12.8 Å². The Labute approximate surface area is 63.2 Å². The second kappa shape index (κ2) is 3.17. The van der Waals surface area contributed by atoms with Crippen LogP contribution >= 0.6 is 0 Å². The summed E-state index contributed by atoms with van der Waals surface area (Å²) in [5, 5.41) is 24.6. The van der Waals surface area contributed by atoms with Gasteiger partial charge in [0.15, 0.2) is 6.10 Å². The average molecular weight is 163 g/mol. The monoisotopic (exact) mass is 163 g/mol.